The molecule has 1 aromatic rings. The van der Waals surface area contributed by atoms with Crippen LogP contribution in [0.15, 0.2) is 18.2 Å². The summed E-state index contributed by atoms with van der Waals surface area (Å²) >= 11 is 5.94. The van der Waals surface area contributed by atoms with Gasteiger partial charge in [0.1, 0.15) is 0 Å². The third-order valence-corrected chi connectivity index (χ3v) is 5.61. The summed E-state index contributed by atoms with van der Waals surface area (Å²) in [4.78, 5) is 13.6. The van der Waals surface area contributed by atoms with Gasteiger partial charge in [-0.15, -0.1) is 0 Å². The second-order valence-electron chi connectivity index (χ2n) is 5.42. The molecule has 5 nitrogen and oxygen atoms in total. The molecule has 116 valence electrons. The molecule has 1 heterocycles. The summed E-state index contributed by atoms with van der Waals surface area (Å²) in [6.45, 7) is 3.07. The van der Waals surface area contributed by atoms with Gasteiger partial charge in [-0.2, -0.15) is 0 Å². The van der Waals surface area contributed by atoms with Crippen LogP contribution >= 0.6 is 11.6 Å². The molecule has 0 spiro atoms. The molecule has 7 heteroatoms. The number of rotatable bonds is 3. The number of amides is 2. The lowest BCUT2D eigenvalue weighted by molar-refractivity contribution is 0.208. The van der Waals surface area contributed by atoms with Crippen molar-refractivity contribution >= 4 is 27.5 Å². The predicted molar refractivity (Wildman–Crippen MR) is 83.2 cm³/mol. The SMILES string of the molecule is Cc1ccc(Cl)cc1CNC(=O)N1CCC(S(C)(=O)=O)C1. The van der Waals surface area contributed by atoms with E-state index in [9.17, 15) is 13.2 Å². The number of likely N-dealkylation sites (tertiary alicyclic amines) is 1. The van der Waals surface area contributed by atoms with Gasteiger partial charge < -0.3 is 10.2 Å². The molecule has 1 aliphatic heterocycles. The van der Waals surface area contributed by atoms with E-state index < -0.39 is 15.1 Å². The van der Waals surface area contributed by atoms with Gasteiger partial charge in [-0.3, -0.25) is 0 Å². The molecule has 21 heavy (non-hydrogen) atoms. The minimum atomic E-state index is -3.09. The molecular formula is C14H19ClN2O3S. The van der Waals surface area contributed by atoms with Crippen LogP contribution in [0.3, 0.4) is 0 Å². The van der Waals surface area contributed by atoms with E-state index in [4.69, 9.17) is 11.6 Å². The van der Waals surface area contributed by atoms with E-state index in [1.54, 1.807) is 11.0 Å². The van der Waals surface area contributed by atoms with Crippen molar-refractivity contribution in [1.82, 2.24) is 10.2 Å². The smallest absolute Gasteiger partial charge is 0.317 e. The van der Waals surface area contributed by atoms with Crippen molar-refractivity contribution in [2.75, 3.05) is 19.3 Å². The number of sulfone groups is 1. The molecule has 0 bridgehead atoms. The van der Waals surface area contributed by atoms with Gasteiger partial charge in [-0.1, -0.05) is 17.7 Å². The Balaban J connectivity index is 1.93. The predicted octanol–water partition coefficient (Wildman–Crippen LogP) is 1.98. The first-order chi connectivity index (χ1) is 9.77. The van der Waals surface area contributed by atoms with E-state index in [1.807, 2.05) is 19.1 Å². The van der Waals surface area contributed by atoms with Crippen molar-refractivity contribution < 1.29 is 13.2 Å². The van der Waals surface area contributed by atoms with Gasteiger partial charge in [0.2, 0.25) is 0 Å². The van der Waals surface area contributed by atoms with Crippen LogP contribution in [-0.2, 0) is 16.4 Å². The van der Waals surface area contributed by atoms with Crippen LogP contribution in [-0.4, -0.2) is 43.9 Å². The largest absolute Gasteiger partial charge is 0.334 e. The van der Waals surface area contributed by atoms with Crippen LogP contribution in [0, 0.1) is 6.92 Å². The van der Waals surface area contributed by atoms with Gasteiger partial charge in [-0.25, -0.2) is 13.2 Å². The Morgan fingerprint density at radius 3 is 2.81 bits per heavy atom. The molecule has 1 fully saturated rings. The van der Waals surface area contributed by atoms with Crippen LogP contribution in [0.4, 0.5) is 4.79 Å². The van der Waals surface area contributed by atoms with Gasteiger partial charge in [0.15, 0.2) is 9.84 Å². The summed E-state index contributed by atoms with van der Waals surface area (Å²) in [6.07, 6.45) is 1.72. The lowest BCUT2D eigenvalue weighted by Crippen LogP contribution is -2.39. The van der Waals surface area contributed by atoms with E-state index in [0.717, 1.165) is 11.1 Å². The van der Waals surface area contributed by atoms with Crippen molar-refractivity contribution in [2.24, 2.45) is 0 Å². The molecule has 1 N–H and O–H groups in total. The van der Waals surface area contributed by atoms with Crippen molar-refractivity contribution in [2.45, 2.75) is 25.1 Å². The van der Waals surface area contributed by atoms with Gasteiger partial charge >= 0.3 is 6.03 Å². The molecule has 2 amide bonds. The molecule has 0 saturated carbocycles. The first-order valence-electron chi connectivity index (χ1n) is 6.74. The maximum absolute atomic E-state index is 12.1. The highest BCUT2D eigenvalue weighted by atomic mass is 35.5. The number of nitrogens with zero attached hydrogens (tertiary/aromatic N) is 1. The Hall–Kier alpha value is -1.27. The molecule has 1 saturated heterocycles. The summed E-state index contributed by atoms with van der Waals surface area (Å²) in [5, 5.41) is 2.99. The van der Waals surface area contributed by atoms with E-state index in [1.165, 1.54) is 6.26 Å². The zero-order valence-corrected chi connectivity index (χ0v) is 13.7. The third kappa shape index (κ3) is 4.11. The molecule has 1 unspecified atom stereocenters. The van der Waals surface area contributed by atoms with Crippen LogP contribution in [0.5, 0.6) is 0 Å². The first-order valence-corrected chi connectivity index (χ1v) is 9.07. The fourth-order valence-corrected chi connectivity index (χ4v) is 3.55. The number of carbonyl (C=O) groups excluding carboxylic acids is 1. The second kappa shape index (κ2) is 6.23. The lowest BCUT2D eigenvalue weighted by atomic mass is 10.1. The van der Waals surface area contributed by atoms with E-state index in [2.05, 4.69) is 5.32 Å². The van der Waals surface area contributed by atoms with Crippen molar-refractivity contribution in [3.8, 4) is 0 Å². The minimum Gasteiger partial charge on any atom is -0.334 e. The molecule has 0 aromatic heterocycles. The quantitative estimate of drug-likeness (QED) is 0.921. The Morgan fingerprint density at radius 1 is 1.48 bits per heavy atom. The topological polar surface area (TPSA) is 66.5 Å². The Kier molecular flexibility index (Phi) is 4.78. The summed E-state index contributed by atoms with van der Waals surface area (Å²) in [5.41, 5.74) is 2.00. The standard InChI is InChI=1S/C14H19ClN2O3S/c1-10-3-4-12(15)7-11(10)8-16-14(18)17-6-5-13(9-17)21(2,19)20/h3-4,7,13H,5-6,8-9H2,1-2H3,(H,16,18). The van der Waals surface area contributed by atoms with E-state index >= 15 is 0 Å². The van der Waals surface area contributed by atoms with Gasteiger partial charge in [0, 0.05) is 30.9 Å². The minimum absolute atomic E-state index is 0.236. The highest BCUT2D eigenvalue weighted by molar-refractivity contribution is 7.91. The maximum Gasteiger partial charge on any atom is 0.317 e. The lowest BCUT2D eigenvalue weighted by Gasteiger charge is -2.17. The molecule has 1 atom stereocenters. The summed E-state index contributed by atoms with van der Waals surface area (Å²) in [5.74, 6) is 0. The van der Waals surface area contributed by atoms with Gasteiger partial charge in [-0.05, 0) is 36.6 Å². The number of urea groups is 1. The number of benzene rings is 1. The summed E-state index contributed by atoms with van der Waals surface area (Å²) < 4.78 is 23.0. The normalized spacial score (nSPS) is 18.8. The summed E-state index contributed by atoms with van der Waals surface area (Å²) in [6, 6.07) is 5.29. The van der Waals surface area contributed by atoms with E-state index in [-0.39, 0.29) is 12.6 Å². The average Bonchev–Trinajstić information content (AvgIpc) is 2.89. The number of nitrogens with one attached hydrogen (secondary N) is 1. The zero-order valence-electron chi connectivity index (χ0n) is 12.1. The van der Waals surface area contributed by atoms with E-state index in [0.29, 0.717) is 24.5 Å². The number of carbonyl (C=O) groups is 1. The highest BCUT2D eigenvalue weighted by Gasteiger charge is 2.32. The number of hydrogen-bond acceptors (Lipinski definition) is 3. The molecule has 1 aromatic carbocycles. The number of hydrogen-bond donors (Lipinski definition) is 1. The monoisotopic (exact) mass is 330 g/mol. The van der Waals surface area contributed by atoms with Crippen LogP contribution in [0.25, 0.3) is 0 Å². The molecular weight excluding hydrogens is 312 g/mol. The van der Waals surface area contributed by atoms with Gasteiger partial charge in [0.25, 0.3) is 0 Å². The average molecular weight is 331 g/mol. The summed E-state index contributed by atoms with van der Waals surface area (Å²) in [7, 11) is -3.09. The molecule has 0 aliphatic carbocycles. The Labute approximate surface area is 130 Å². The molecule has 0 radical (unpaired) electrons. The molecule has 1 aliphatic rings. The Morgan fingerprint density at radius 2 is 2.19 bits per heavy atom. The van der Waals surface area contributed by atoms with Crippen LogP contribution in [0.2, 0.25) is 5.02 Å². The maximum atomic E-state index is 12.1. The fraction of sp³-hybridized carbons (Fsp3) is 0.500. The second-order valence-corrected chi connectivity index (χ2v) is 8.18. The fourth-order valence-electron chi connectivity index (χ4n) is 2.38. The number of halogens is 1. The van der Waals surface area contributed by atoms with Crippen molar-refractivity contribution in [3.63, 3.8) is 0 Å². The zero-order chi connectivity index (χ0) is 15.6. The molecule has 2 rings (SSSR count). The third-order valence-electron chi connectivity index (χ3n) is 3.78. The van der Waals surface area contributed by atoms with Crippen molar-refractivity contribution in [3.05, 3.63) is 34.3 Å². The van der Waals surface area contributed by atoms with Crippen LogP contribution in [0.1, 0.15) is 17.5 Å². The highest BCUT2D eigenvalue weighted by Crippen LogP contribution is 2.17. The first kappa shape index (κ1) is 16.1. The number of aryl methyl sites for hydroxylation is 1. The van der Waals surface area contributed by atoms with Crippen molar-refractivity contribution in [1.29, 1.82) is 0 Å². The van der Waals surface area contributed by atoms with Gasteiger partial charge in [0.05, 0.1) is 5.25 Å². The Bertz CT molecular complexity index is 646. The van der Waals surface area contributed by atoms with Crippen LogP contribution < -0.4 is 5.32 Å².